The summed E-state index contributed by atoms with van der Waals surface area (Å²) in [6, 6.07) is 4.93. The summed E-state index contributed by atoms with van der Waals surface area (Å²) in [4.78, 5) is 23.5. The Bertz CT molecular complexity index is 509. The van der Waals surface area contributed by atoms with Gasteiger partial charge in [0.15, 0.2) is 5.78 Å². The van der Waals surface area contributed by atoms with Crippen molar-refractivity contribution in [2.75, 3.05) is 18.5 Å². The lowest BCUT2D eigenvalue weighted by Crippen LogP contribution is -2.33. The lowest BCUT2D eigenvalue weighted by Gasteiger charge is -2.18. The van der Waals surface area contributed by atoms with Gasteiger partial charge in [0.05, 0.1) is 17.6 Å². The van der Waals surface area contributed by atoms with Gasteiger partial charge in [-0.2, -0.15) is 0 Å². The molecule has 0 atom stereocenters. The summed E-state index contributed by atoms with van der Waals surface area (Å²) < 4.78 is 5.58. The molecule has 2 rings (SSSR count). The number of hydrogen-bond donors (Lipinski definition) is 2. The molecule has 1 heterocycles. The number of hydrogen-bond acceptors (Lipinski definition) is 4. The predicted octanol–water partition coefficient (Wildman–Crippen LogP) is 1.19. The number of nitrogens with one attached hydrogen (secondary N) is 1. The van der Waals surface area contributed by atoms with Crippen molar-refractivity contribution in [3.05, 3.63) is 23.8 Å². The van der Waals surface area contributed by atoms with E-state index in [0.29, 0.717) is 23.6 Å². The largest absolute Gasteiger partial charge is 0.490 e. The van der Waals surface area contributed by atoms with Crippen LogP contribution in [-0.4, -0.2) is 24.8 Å². The third-order valence-electron chi connectivity index (χ3n) is 2.94. The summed E-state index contributed by atoms with van der Waals surface area (Å²) >= 11 is 0. The highest BCUT2D eigenvalue weighted by Crippen LogP contribution is 2.32. The molecular weight excluding hydrogens is 232 g/mol. The van der Waals surface area contributed by atoms with Gasteiger partial charge in [0.1, 0.15) is 12.4 Å². The first kappa shape index (κ1) is 12.6. The van der Waals surface area contributed by atoms with Crippen molar-refractivity contribution in [3.8, 4) is 5.75 Å². The van der Waals surface area contributed by atoms with E-state index in [0.717, 1.165) is 0 Å². The molecule has 5 heteroatoms. The predicted molar refractivity (Wildman–Crippen MR) is 67.7 cm³/mol. The van der Waals surface area contributed by atoms with Gasteiger partial charge in [-0.1, -0.05) is 0 Å². The molecule has 0 aromatic heterocycles. The fourth-order valence-corrected chi connectivity index (χ4v) is 1.66. The fourth-order valence-electron chi connectivity index (χ4n) is 1.66. The van der Waals surface area contributed by atoms with Crippen LogP contribution in [0.25, 0.3) is 0 Å². The Kier molecular flexibility index (Phi) is 3.09. The van der Waals surface area contributed by atoms with Crippen LogP contribution in [0.15, 0.2) is 18.2 Å². The molecule has 0 aliphatic carbocycles. The van der Waals surface area contributed by atoms with Gasteiger partial charge in [-0.05, 0) is 32.0 Å². The normalized spacial score (nSPS) is 17.2. The maximum atomic E-state index is 11.9. The number of rotatable bonds is 2. The van der Waals surface area contributed by atoms with Crippen LogP contribution in [0.5, 0.6) is 5.75 Å². The molecule has 18 heavy (non-hydrogen) atoms. The molecule has 3 N–H and O–H groups in total. The third-order valence-corrected chi connectivity index (χ3v) is 2.94. The van der Waals surface area contributed by atoms with Crippen molar-refractivity contribution < 1.29 is 14.3 Å². The minimum absolute atomic E-state index is 0.0565. The summed E-state index contributed by atoms with van der Waals surface area (Å²) in [5.74, 6) is 0.275. The van der Waals surface area contributed by atoms with E-state index in [1.54, 1.807) is 32.0 Å². The van der Waals surface area contributed by atoms with E-state index in [-0.39, 0.29) is 18.2 Å². The summed E-state index contributed by atoms with van der Waals surface area (Å²) in [5, 5.41) is 2.78. The Balaban J connectivity index is 2.38. The van der Waals surface area contributed by atoms with Gasteiger partial charge in [-0.15, -0.1) is 0 Å². The minimum atomic E-state index is -0.600. The second-order valence-corrected chi connectivity index (χ2v) is 4.96. The number of ketones is 1. The van der Waals surface area contributed by atoms with E-state index in [4.69, 9.17) is 10.5 Å². The molecule has 0 spiro atoms. The van der Waals surface area contributed by atoms with Crippen molar-refractivity contribution in [2.45, 2.75) is 13.8 Å². The zero-order chi connectivity index (χ0) is 13.3. The van der Waals surface area contributed by atoms with E-state index >= 15 is 0 Å². The van der Waals surface area contributed by atoms with Crippen LogP contribution < -0.4 is 15.8 Å². The second kappa shape index (κ2) is 4.42. The van der Waals surface area contributed by atoms with Crippen LogP contribution in [0.4, 0.5) is 5.69 Å². The summed E-state index contributed by atoms with van der Waals surface area (Å²) in [5.41, 5.74) is 5.70. The van der Waals surface area contributed by atoms with Gasteiger partial charge in [0.2, 0.25) is 5.91 Å². The summed E-state index contributed by atoms with van der Waals surface area (Å²) in [6.45, 7) is 3.86. The highest BCUT2D eigenvalue weighted by atomic mass is 16.5. The van der Waals surface area contributed by atoms with E-state index in [9.17, 15) is 9.59 Å². The average molecular weight is 248 g/mol. The van der Waals surface area contributed by atoms with Crippen molar-refractivity contribution in [3.63, 3.8) is 0 Å². The number of amides is 1. The van der Waals surface area contributed by atoms with Crippen molar-refractivity contribution in [1.82, 2.24) is 0 Å². The lowest BCUT2D eigenvalue weighted by molar-refractivity contribution is -0.124. The Hall–Kier alpha value is -1.88. The number of ether oxygens (including phenoxy) is 1. The number of Topliss-reactive ketones (excluding diaryl/α,β-unsaturated/α-hetero) is 1. The van der Waals surface area contributed by atoms with Crippen molar-refractivity contribution in [1.29, 1.82) is 0 Å². The third kappa shape index (κ3) is 2.22. The van der Waals surface area contributed by atoms with Gasteiger partial charge < -0.3 is 15.8 Å². The zero-order valence-electron chi connectivity index (χ0n) is 10.4. The Labute approximate surface area is 105 Å². The molecule has 1 aromatic rings. The molecule has 1 aromatic carbocycles. The fraction of sp³-hybridized carbons (Fsp3) is 0.385. The van der Waals surface area contributed by atoms with Crippen LogP contribution >= 0.6 is 0 Å². The molecule has 1 aliphatic heterocycles. The van der Waals surface area contributed by atoms with Gasteiger partial charge >= 0.3 is 0 Å². The first-order valence-electron chi connectivity index (χ1n) is 5.75. The number of fused-ring (bicyclic) bond motifs is 1. The average Bonchev–Trinajstić information content (AvgIpc) is 2.46. The summed E-state index contributed by atoms with van der Waals surface area (Å²) in [7, 11) is 0. The number of anilines is 1. The molecule has 0 saturated heterocycles. The molecule has 0 saturated carbocycles. The number of benzene rings is 1. The Morgan fingerprint density at radius 3 is 2.89 bits per heavy atom. The van der Waals surface area contributed by atoms with Gasteiger partial charge in [0.25, 0.3) is 0 Å². The molecule has 5 nitrogen and oxygen atoms in total. The van der Waals surface area contributed by atoms with Crippen LogP contribution in [0, 0.1) is 5.41 Å². The Morgan fingerprint density at radius 1 is 1.50 bits per heavy atom. The maximum absolute atomic E-state index is 11.9. The number of nitrogens with two attached hydrogens (primary N) is 1. The lowest BCUT2D eigenvalue weighted by atomic mass is 9.94. The van der Waals surface area contributed by atoms with Gasteiger partial charge in [-0.3, -0.25) is 9.59 Å². The van der Waals surface area contributed by atoms with E-state index in [1.165, 1.54) is 0 Å². The first-order valence-corrected chi connectivity index (χ1v) is 5.75. The second-order valence-electron chi connectivity index (χ2n) is 4.96. The topological polar surface area (TPSA) is 81.4 Å². The smallest absolute Gasteiger partial charge is 0.233 e. The summed E-state index contributed by atoms with van der Waals surface area (Å²) in [6.07, 6.45) is 0. The van der Waals surface area contributed by atoms with E-state index in [2.05, 4.69) is 5.32 Å². The molecule has 96 valence electrons. The van der Waals surface area contributed by atoms with Crippen molar-refractivity contribution in [2.24, 2.45) is 11.1 Å². The molecule has 0 unspecified atom stereocenters. The van der Waals surface area contributed by atoms with Gasteiger partial charge in [0, 0.05) is 5.56 Å². The number of carbonyl (C=O) groups is 2. The SMILES string of the molecule is CC1(C)COc2ccc(C(=O)CN)cc2NC1=O. The van der Waals surface area contributed by atoms with Crippen molar-refractivity contribution >= 4 is 17.4 Å². The van der Waals surface area contributed by atoms with Crippen LogP contribution in [0.2, 0.25) is 0 Å². The molecule has 0 fully saturated rings. The molecule has 1 amide bonds. The molecule has 0 radical (unpaired) electrons. The standard InChI is InChI=1S/C13H16N2O3/c1-13(2)7-18-11-4-3-8(10(16)6-14)5-9(11)15-12(13)17/h3-5H,6-7,14H2,1-2H3,(H,15,17). The van der Waals surface area contributed by atoms with E-state index in [1.807, 2.05) is 0 Å². The highest BCUT2D eigenvalue weighted by Gasteiger charge is 2.32. The van der Waals surface area contributed by atoms with E-state index < -0.39 is 5.41 Å². The zero-order valence-corrected chi connectivity index (χ0v) is 10.4. The minimum Gasteiger partial charge on any atom is -0.490 e. The van der Waals surface area contributed by atoms with Crippen LogP contribution in [0.1, 0.15) is 24.2 Å². The molecule has 0 bridgehead atoms. The van der Waals surface area contributed by atoms with Crippen LogP contribution in [0.3, 0.4) is 0 Å². The monoisotopic (exact) mass is 248 g/mol. The number of carbonyl (C=O) groups excluding carboxylic acids is 2. The Morgan fingerprint density at radius 2 is 2.22 bits per heavy atom. The molecular formula is C13H16N2O3. The quantitative estimate of drug-likeness (QED) is 0.770. The first-order chi connectivity index (χ1) is 8.44. The molecule has 1 aliphatic rings. The van der Waals surface area contributed by atoms with Gasteiger partial charge in [-0.25, -0.2) is 0 Å². The highest BCUT2D eigenvalue weighted by molar-refractivity contribution is 6.01. The van der Waals surface area contributed by atoms with Crippen LogP contribution in [-0.2, 0) is 4.79 Å². The maximum Gasteiger partial charge on any atom is 0.233 e.